The van der Waals surface area contributed by atoms with E-state index in [1.807, 2.05) is 0 Å². The third kappa shape index (κ3) is 5.93. The molecule has 11 nitrogen and oxygen atoms in total. The van der Waals surface area contributed by atoms with E-state index in [0.29, 0.717) is 10.7 Å². The number of carbonyl (C=O) groups is 3. The number of hydrogen-bond donors (Lipinski definition) is 3. The van der Waals surface area contributed by atoms with Crippen LogP contribution in [0.5, 0.6) is 5.75 Å². The molecule has 1 fully saturated rings. The predicted octanol–water partition coefficient (Wildman–Crippen LogP) is 3.95. The van der Waals surface area contributed by atoms with Gasteiger partial charge in [-0.2, -0.15) is 0 Å². The van der Waals surface area contributed by atoms with Crippen LogP contribution in [-0.4, -0.2) is 58.5 Å². The van der Waals surface area contributed by atoms with E-state index in [1.54, 1.807) is 24.3 Å². The first kappa shape index (κ1) is 26.6. The summed E-state index contributed by atoms with van der Waals surface area (Å²) in [6.07, 6.45) is -0.560. The molecule has 1 aromatic heterocycles. The van der Waals surface area contributed by atoms with Gasteiger partial charge in [-0.1, -0.05) is 11.6 Å². The zero-order valence-electron chi connectivity index (χ0n) is 19.9. The zero-order chi connectivity index (χ0) is 27.4. The molecular formula is C25H22ClFN4O7. The van der Waals surface area contributed by atoms with Crippen LogP contribution in [0.3, 0.4) is 0 Å². The van der Waals surface area contributed by atoms with Crippen molar-refractivity contribution in [2.75, 3.05) is 24.3 Å². The lowest BCUT2D eigenvalue weighted by Crippen LogP contribution is -2.45. The van der Waals surface area contributed by atoms with Crippen LogP contribution in [0.25, 0.3) is 5.69 Å². The van der Waals surface area contributed by atoms with Crippen molar-refractivity contribution >= 4 is 41.1 Å². The molecule has 3 amide bonds. The van der Waals surface area contributed by atoms with Crippen LogP contribution < -0.4 is 20.9 Å². The fourth-order valence-electron chi connectivity index (χ4n) is 3.99. The SMILES string of the molecule is CO[C@@H]1C[C@H](C(=O)Nc2ccc(-n3cccc(OC(=O)O)c3=O)cc2F)N(C(=O)Nc2ccc(Cl)cc2)C1. The van der Waals surface area contributed by atoms with Crippen molar-refractivity contribution in [1.82, 2.24) is 9.47 Å². The lowest BCUT2D eigenvalue weighted by molar-refractivity contribution is -0.119. The van der Waals surface area contributed by atoms with E-state index in [-0.39, 0.29) is 24.3 Å². The van der Waals surface area contributed by atoms with E-state index < -0.39 is 47.4 Å². The Morgan fingerprint density at radius 1 is 1.11 bits per heavy atom. The van der Waals surface area contributed by atoms with Gasteiger partial charge >= 0.3 is 12.2 Å². The highest BCUT2D eigenvalue weighted by Gasteiger charge is 2.40. The molecule has 4 rings (SSSR count). The maximum Gasteiger partial charge on any atom is 0.511 e. The van der Waals surface area contributed by atoms with Crippen LogP contribution in [0.2, 0.25) is 5.02 Å². The Hall–Kier alpha value is -4.42. The number of pyridine rings is 1. The average molecular weight is 545 g/mol. The van der Waals surface area contributed by atoms with Gasteiger partial charge in [-0.05, 0) is 48.5 Å². The molecule has 2 atom stereocenters. The number of nitrogens with one attached hydrogen (secondary N) is 2. The number of methoxy groups -OCH3 is 1. The molecule has 0 spiro atoms. The molecule has 0 unspecified atom stereocenters. The number of hydrogen-bond acceptors (Lipinski definition) is 6. The molecule has 198 valence electrons. The number of carboxylic acid groups (broad SMARTS) is 1. The molecule has 0 bridgehead atoms. The highest BCUT2D eigenvalue weighted by Crippen LogP contribution is 2.25. The monoisotopic (exact) mass is 544 g/mol. The number of benzene rings is 2. The van der Waals surface area contributed by atoms with Gasteiger partial charge in [0.2, 0.25) is 5.91 Å². The summed E-state index contributed by atoms with van der Waals surface area (Å²) in [5.41, 5.74) is -0.437. The van der Waals surface area contributed by atoms with E-state index in [2.05, 4.69) is 15.4 Å². The maximum absolute atomic E-state index is 15.0. The molecule has 13 heteroatoms. The Kier molecular flexibility index (Phi) is 7.93. The van der Waals surface area contributed by atoms with E-state index in [9.17, 15) is 23.6 Å². The Labute approximate surface area is 220 Å². The number of amides is 3. The second-order valence-electron chi connectivity index (χ2n) is 8.27. The van der Waals surface area contributed by atoms with Gasteiger partial charge in [0, 0.05) is 43.0 Å². The van der Waals surface area contributed by atoms with Gasteiger partial charge in [0.05, 0.1) is 17.5 Å². The molecule has 2 heterocycles. The van der Waals surface area contributed by atoms with Crippen molar-refractivity contribution in [2.45, 2.75) is 18.6 Å². The van der Waals surface area contributed by atoms with Crippen LogP contribution in [-0.2, 0) is 9.53 Å². The molecule has 1 saturated heterocycles. The van der Waals surface area contributed by atoms with E-state index in [0.717, 1.165) is 10.6 Å². The Bertz CT molecular complexity index is 1430. The summed E-state index contributed by atoms with van der Waals surface area (Å²) in [6, 6.07) is 11.1. The minimum atomic E-state index is -1.66. The van der Waals surface area contributed by atoms with Crippen molar-refractivity contribution in [3.05, 3.63) is 82.0 Å². The van der Waals surface area contributed by atoms with E-state index in [1.165, 1.54) is 42.5 Å². The smallest absolute Gasteiger partial charge is 0.449 e. The Morgan fingerprint density at radius 2 is 1.84 bits per heavy atom. The van der Waals surface area contributed by atoms with Gasteiger partial charge in [-0.3, -0.25) is 14.2 Å². The van der Waals surface area contributed by atoms with Crippen LogP contribution in [0.4, 0.5) is 25.4 Å². The third-order valence-electron chi connectivity index (χ3n) is 5.85. The maximum atomic E-state index is 15.0. The standard InChI is InChI=1S/C25H22ClFN4O7/c1-37-17-12-20(31(13-17)24(34)28-15-6-4-14(26)5-7-15)22(32)29-19-9-8-16(11-18(19)27)30-10-2-3-21(23(30)33)38-25(35)36/h2-11,17,20H,12-13H2,1H3,(H,28,34)(H,29,32)(H,35,36)/t17-,20-/m1/s1. The number of anilines is 2. The highest BCUT2D eigenvalue weighted by atomic mass is 35.5. The number of halogens is 2. The van der Waals surface area contributed by atoms with Crippen molar-refractivity contribution < 1.29 is 33.4 Å². The fraction of sp³-hybridized carbons (Fsp3) is 0.200. The van der Waals surface area contributed by atoms with Gasteiger partial charge in [0.1, 0.15) is 11.9 Å². The number of likely N-dealkylation sites (tertiary alicyclic amines) is 1. The summed E-state index contributed by atoms with van der Waals surface area (Å²) < 4.78 is 25.7. The van der Waals surface area contributed by atoms with Gasteiger partial charge in [0.15, 0.2) is 5.75 Å². The third-order valence-corrected chi connectivity index (χ3v) is 6.11. The van der Waals surface area contributed by atoms with Gasteiger partial charge < -0.3 is 30.1 Å². The van der Waals surface area contributed by atoms with Crippen LogP contribution in [0.15, 0.2) is 65.6 Å². The summed E-state index contributed by atoms with van der Waals surface area (Å²) in [5, 5.41) is 14.5. The molecule has 1 aliphatic rings. The first-order valence-corrected chi connectivity index (χ1v) is 11.6. The lowest BCUT2D eigenvalue weighted by atomic mass is 10.1. The molecule has 1 aliphatic heterocycles. The molecule has 0 aliphatic carbocycles. The van der Waals surface area contributed by atoms with Crippen molar-refractivity contribution in [3.8, 4) is 11.4 Å². The zero-order valence-corrected chi connectivity index (χ0v) is 20.6. The number of ether oxygens (including phenoxy) is 2. The predicted molar refractivity (Wildman–Crippen MR) is 136 cm³/mol. The minimum absolute atomic E-state index is 0.0746. The van der Waals surface area contributed by atoms with E-state index >= 15 is 0 Å². The van der Waals surface area contributed by atoms with Gasteiger partial charge in [0.25, 0.3) is 5.56 Å². The molecule has 3 N–H and O–H groups in total. The average Bonchev–Trinajstić information content (AvgIpc) is 3.33. The van der Waals surface area contributed by atoms with Crippen LogP contribution >= 0.6 is 11.6 Å². The fourth-order valence-corrected chi connectivity index (χ4v) is 4.12. The largest absolute Gasteiger partial charge is 0.511 e. The summed E-state index contributed by atoms with van der Waals surface area (Å²) in [5.74, 6) is -1.94. The second-order valence-corrected chi connectivity index (χ2v) is 8.70. The van der Waals surface area contributed by atoms with Crippen LogP contribution in [0, 0.1) is 5.82 Å². The number of nitrogens with zero attached hydrogens (tertiary/aromatic N) is 2. The number of rotatable bonds is 6. The normalized spacial score (nSPS) is 16.7. The number of carbonyl (C=O) groups excluding carboxylic acids is 2. The molecule has 38 heavy (non-hydrogen) atoms. The first-order valence-electron chi connectivity index (χ1n) is 11.3. The van der Waals surface area contributed by atoms with Gasteiger partial charge in [-0.25, -0.2) is 14.0 Å². The lowest BCUT2D eigenvalue weighted by Gasteiger charge is -2.24. The summed E-state index contributed by atoms with van der Waals surface area (Å²) in [7, 11) is 1.47. The topological polar surface area (TPSA) is 139 Å². The first-order chi connectivity index (χ1) is 18.2. The minimum Gasteiger partial charge on any atom is -0.449 e. The van der Waals surface area contributed by atoms with E-state index in [4.69, 9.17) is 21.4 Å². The molecule has 0 saturated carbocycles. The van der Waals surface area contributed by atoms with Gasteiger partial charge in [-0.15, -0.1) is 0 Å². The summed E-state index contributed by atoms with van der Waals surface area (Å²) in [6.45, 7) is 0.146. The van der Waals surface area contributed by atoms with Crippen molar-refractivity contribution in [1.29, 1.82) is 0 Å². The van der Waals surface area contributed by atoms with Crippen molar-refractivity contribution in [2.24, 2.45) is 0 Å². The molecule has 2 aromatic carbocycles. The quantitative estimate of drug-likeness (QED) is 0.399. The van der Waals surface area contributed by atoms with Crippen LogP contribution in [0.1, 0.15) is 6.42 Å². The Morgan fingerprint density at radius 3 is 2.50 bits per heavy atom. The summed E-state index contributed by atoms with van der Waals surface area (Å²) >= 11 is 5.88. The second kappa shape index (κ2) is 11.3. The molecular weight excluding hydrogens is 523 g/mol. The van der Waals surface area contributed by atoms with Crippen molar-refractivity contribution in [3.63, 3.8) is 0 Å². The summed E-state index contributed by atoms with van der Waals surface area (Å²) in [4.78, 5) is 50.6. The number of aromatic nitrogens is 1. The molecule has 3 aromatic rings. The molecule has 0 radical (unpaired) electrons. The Balaban J connectivity index is 1.51. The highest BCUT2D eigenvalue weighted by molar-refractivity contribution is 6.30. The number of urea groups is 1.